The number of halogens is 1. The lowest BCUT2D eigenvalue weighted by atomic mass is 10.1. The lowest BCUT2D eigenvalue weighted by molar-refractivity contribution is -0.116. The smallest absolute Gasteiger partial charge is 0.226 e. The molecule has 2 aromatic heterocycles. The van der Waals surface area contributed by atoms with Gasteiger partial charge in [-0.05, 0) is 24.6 Å². The second-order valence-corrected chi connectivity index (χ2v) is 8.06. The van der Waals surface area contributed by atoms with Gasteiger partial charge in [0.1, 0.15) is 5.82 Å². The van der Waals surface area contributed by atoms with Crippen molar-refractivity contribution in [3.8, 4) is 11.3 Å². The zero-order valence-electron chi connectivity index (χ0n) is 16.4. The summed E-state index contributed by atoms with van der Waals surface area (Å²) < 4.78 is 19.4. The second-order valence-electron chi connectivity index (χ2n) is 6.94. The predicted octanol–water partition coefficient (Wildman–Crippen LogP) is 5.41. The minimum absolute atomic E-state index is 0.169. The summed E-state index contributed by atoms with van der Waals surface area (Å²) >= 11 is 1.46. The number of hydrogen-bond acceptors (Lipinski definition) is 5. The van der Waals surface area contributed by atoms with Gasteiger partial charge in [0.15, 0.2) is 16.8 Å². The molecule has 0 aliphatic rings. The van der Waals surface area contributed by atoms with Crippen molar-refractivity contribution in [2.75, 3.05) is 5.32 Å². The van der Waals surface area contributed by atoms with Gasteiger partial charge in [0.25, 0.3) is 0 Å². The predicted molar refractivity (Wildman–Crippen MR) is 115 cm³/mol. The van der Waals surface area contributed by atoms with Crippen LogP contribution in [0, 0.1) is 12.7 Å². The first kappa shape index (κ1) is 20.0. The minimum atomic E-state index is -0.372. The van der Waals surface area contributed by atoms with Crippen molar-refractivity contribution >= 4 is 22.4 Å². The quantitative estimate of drug-likeness (QED) is 0.433. The van der Waals surface area contributed by atoms with E-state index in [2.05, 4.69) is 40.4 Å². The van der Waals surface area contributed by atoms with Crippen LogP contribution in [-0.4, -0.2) is 15.9 Å². The van der Waals surface area contributed by atoms with Crippen LogP contribution in [0.4, 0.5) is 9.52 Å². The van der Waals surface area contributed by atoms with Crippen molar-refractivity contribution in [2.24, 2.45) is 0 Å². The Morgan fingerprint density at radius 3 is 2.83 bits per heavy atom. The molecule has 5 nitrogen and oxygen atoms in total. The summed E-state index contributed by atoms with van der Waals surface area (Å²) in [5.41, 5.74) is 2.78. The monoisotopic (exact) mass is 421 g/mol. The number of thiazole rings is 1. The summed E-state index contributed by atoms with van der Waals surface area (Å²) in [4.78, 5) is 21.8. The van der Waals surface area contributed by atoms with Crippen molar-refractivity contribution in [3.05, 3.63) is 88.6 Å². The molecule has 30 heavy (non-hydrogen) atoms. The fourth-order valence-electron chi connectivity index (χ4n) is 3.08. The number of aromatic nitrogens is 2. The Balaban J connectivity index is 1.30. The van der Waals surface area contributed by atoms with Crippen molar-refractivity contribution in [3.63, 3.8) is 0 Å². The Labute approximate surface area is 177 Å². The molecule has 0 fully saturated rings. The van der Waals surface area contributed by atoms with Crippen molar-refractivity contribution in [2.45, 2.75) is 26.2 Å². The van der Waals surface area contributed by atoms with E-state index in [1.807, 2.05) is 6.07 Å². The summed E-state index contributed by atoms with van der Waals surface area (Å²) in [5.74, 6) is 0.201. The van der Waals surface area contributed by atoms with Gasteiger partial charge in [-0.25, -0.2) is 14.4 Å². The molecule has 0 radical (unpaired) electrons. The SMILES string of the molecule is Cc1cccc(Cc2cnc(NC(=O)CCc3ncc(-c4ccccc4F)o3)s2)c1. The van der Waals surface area contributed by atoms with Gasteiger partial charge in [-0.15, -0.1) is 11.3 Å². The third-order valence-corrected chi connectivity index (χ3v) is 5.43. The number of nitrogens with zero attached hydrogens (tertiary/aromatic N) is 2. The fourth-order valence-corrected chi connectivity index (χ4v) is 3.95. The maximum Gasteiger partial charge on any atom is 0.226 e. The molecule has 4 aromatic rings. The van der Waals surface area contributed by atoms with E-state index in [1.54, 1.807) is 24.4 Å². The highest BCUT2D eigenvalue weighted by molar-refractivity contribution is 7.15. The van der Waals surface area contributed by atoms with Crippen molar-refractivity contribution in [1.29, 1.82) is 0 Å². The van der Waals surface area contributed by atoms with Crippen LogP contribution in [-0.2, 0) is 17.6 Å². The van der Waals surface area contributed by atoms with E-state index in [-0.39, 0.29) is 18.1 Å². The van der Waals surface area contributed by atoms with Crippen LogP contribution in [0.3, 0.4) is 0 Å². The van der Waals surface area contributed by atoms with E-state index in [9.17, 15) is 9.18 Å². The average Bonchev–Trinajstić information content (AvgIpc) is 3.36. The lowest BCUT2D eigenvalue weighted by Gasteiger charge is -2.01. The van der Waals surface area contributed by atoms with E-state index >= 15 is 0 Å². The topological polar surface area (TPSA) is 68.0 Å². The first-order valence-corrected chi connectivity index (χ1v) is 10.4. The highest BCUT2D eigenvalue weighted by Crippen LogP contribution is 2.24. The van der Waals surface area contributed by atoms with Crippen molar-refractivity contribution in [1.82, 2.24) is 9.97 Å². The molecule has 1 amide bonds. The standard InChI is InChI=1S/C23H20FN3O2S/c1-15-5-4-6-16(11-15)12-17-13-26-23(30-17)27-21(28)9-10-22-25-14-20(29-22)18-7-2-3-8-19(18)24/h2-8,11,13-14H,9-10,12H2,1H3,(H,26,27,28). The number of anilines is 1. The van der Waals surface area contributed by atoms with E-state index in [1.165, 1.54) is 34.7 Å². The van der Waals surface area contributed by atoms with Crippen LogP contribution in [0.2, 0.25) is 0 Å². The summed E-state index contributed by atoms with van der Waals surface area (Å²) in [7, 11) is 0. The molecule has 0 bridgehead atoms. The van der Waals surface area contributed by atoms with E-state index in [0.717, 1.165) is 11.3 Å². The minimum Gasteiger partial charge on any atom is -0.441 e. The van der Waals surface area contributed by atoms with Gasteiger partial charge in [-0.3, -0.25) is 4.79 Å². The van der Waals surface area contributed by atoms with Gasteiger partial charge in [0, 0.05) is 30.3 Å². The van der Waals surface area contributed by atoms with E-state index in [0.29, 0.717) is 28.8 Å². The largest absolute Gasteiger partial charge is 0.441 e. The van der Waals surface area contributed by atoms with Crippen LogP contribution in [0.1, 0.15) is 28.3 Å². The number of carbonyl (C=O) groups excluding carboxylic acids is 1. The first-order chi connectivity index (χ1) is 14.6. The van der Waals surface area contributed by atoms with Crippen LogP contribution >= 0.6 is 11.3 Å². The van der Waals surface area contributed by atoms with Gasteiger partial charge >= 0.3 is 0 Å². The molecule has 1 N–H and O–H groups in total. The summed E-state index contributed by atoms with van der Waals surface area (Å²) in [6, 6.07) is 14.7. The zero-order valence-corrected chi connectivity index (χ0v) is 17.2. The molecular formula is C23H20FN3O2S. The molecule has 2 heterocycles. The Hall–Kier alpha value is -3.32. The number of hydrogen-bond donors (Lipinski definition) is 1. The van der Waals surface area contributed by atoms with E-state index < -0.39 is 0 Å². The van der Waals surface area contributed by atoms with Crippen LogP contribution < -0.4 is 5.32 Å². The average molecular weight is 421 g/mol. The number of oxazole rings is 1. The number of nitrogens with one attached hydrogen (secondary N) is 1. The Kier molecular flexibility index (Phi) is 5.99. The number of benzene rings is 2. The van der Waals surface area contributed by atoms with Crippen LogP contribution in [0.25, 0.3) is 11.3 Å². The van der Waals surface area contributed by atoms with Gasteiger partial charge in [0.05, 0.1) is 11.8 Å². The number of carbonyl (C=O) groups is 1. The Morgan fingerprint density at radius 2 is 2.00 bits per heavy atom. The second kappa shape index (κ2) is 9.00. The summed E-state index contributed by atoms with van der Waals surface area (Å²) in [6.45, 7) is 2.06. The number of aryl methyl sites for hydroxylation is 2. The van der Waals surface area contributed by atoms with Crippen LogP contribution in [0.5, 0.6) is 0 Å². The molecule has 0 spiro atoms. The molecular weight excluding hydrogens is 401 g/mol. The van der Waals surface area contributed by atoms with Gasteiger partial charge in [0.2, 0.25) is 5.91 Å². The van der Waals surface area contributed by atoms with E-state index in [4.69, 9.17) is 4.42 Å². The van der Waals surface area contributed by atoms with Gasteiger partial charge in [-0.1, -0.05) is 42.0 Å². The molecule has 0 atom stereocenters. The molecule has 0 saturated heterocycles. The fraction of sp³-hybridized carbons (Fsp3) is 0.174. The molecule has 2 aromatic carbocycles. The third-order valence-electron chi connectivity index (χ3n) is 4.52. The van der Waals surface area contributed by atoms with Gasteiger partial charge < -0.3 is 9.73 Å². The van der Waals surface area contributed by atoms with Crippen molar-refractivity contribution < 1.29 is 13.6 Å². The molecule has 7 heteroatoms. The van der Waals surface area contributed by atoms with Crippen LogP contribution in [0.15, 0.2) is 65.3 Å². The highest BCUT2D eigenvalue weighted by Gasteiger charge is 2.13. The summed E-state index contributed by atoms with van der Waals surface area (Å²) in [5, 5.41) is 3.39. The molecule has 0 aliphatic carbocycles. The first-order valence-electron chi connectivity index (χ1n) is 9.56. The molecule has 0 aliphatic heterocycles. The molecule has 0 saturated carbocycles. The lowest BCUT2D eigenvalue weighted by Crippen LogP contribution is -2.12. The Morgan fingerprint density at radius 1 is 1.13 bits per heavy atom. The maximum atomic E-state index is 13.8. The molecule has 0 unspecified atom stereocenters. The van der Waals surface area contributed by atoms with Gasteiger partial charge in [-0.2, -0.15) is 0 Å². The normalized spacial score (nSPS) is 10.9. The summed E-state index contributed by atoms with van der Waals surface area (Å²) in [6.07, 6.45) is 4.57. The number of amides is 1. The maximum absolute atomic E-state index is 13.8. The third kappa shape index (κ3) is 4.99. The zero-order chi connectivity index (χ0) is 20.9. The number of rotatable bonds is 7. The highest BCUT2D eigenvalue weighted by atomic mass is 32.1. The molecule has 4 rings (SSSR count). The Bertz CT molecular complexity index is 1170. The molecule has 152 valence electrons.